The Bertz CT molecular complexity index is 1240. The summed E-state index contributed by atoms with van der Waals surface area (Å²) in [6.07, 6.45) is 0. The quantitative estimate of drug-likeness (QED) is 0.458. The number of rotatable bonds is 8. The van der Waals surface area contributed by atoms with Crippen LogP contribution in [0.15, 0.2) is 71.6 Å². The van der Waals surface area contributed by atoms with Gasteiger partial charge in [-0.15, -0.1) is 0 Å². The molecular formula is C25H27ClN2O4S. The van der Waals surface area contributed by atoms with Crippen LogP contribution in [0.25, 0.3) is 0 Å². The van der Waals surface area contributed by atoms with E-state index in [0.29, 0.717) is 16.5 Å². The Morgan fingerprint density at radius 1 is 1.00 bits per heavy atom. The zero-order valence-corrected chi connectivity index (χ0v) is 20.7. The number of methoxy groups -OCH3 is 1. The SMILES string of the molecule is COc1ccccc1CN(C)C(=O)CN(c1ccc(C)c(Cl)c1)S(=O)(=O)c1ccc(C)cc1. The fourth-order valence-electron chi connectivity index (χ4n) is 3.31. The second kappa shape index (κ2) is 10.3. The van der Waals surface area contributed by atoms with E-state index in [-0.39, 0.29) is 23.9 Å². The van der Waals surface area contributed by atoms with Gasteiger partial charge >= 0.3 is 0 Å². The number of anilines is 1. The van der Waals surface area contributed by atoms with E-state index in [1.165, 1.54) is 17.0 Å². The van der Waals surface area contributed by atoms with Crippen LogP contribution >= 0.6 is 11.6 Å². The number of carbonyl (C=O) groups is 1. The van der Waals surface area contributed by atoms with Gasteiger partial charge in [-0.25, -0.2) is 8.42 Å². The van der Waals surface area contributed by atoms with E-state index in [2.05, 4.69) is 0 Å². The van der Waals surface area contributed by atoms with Crippen LogP contribution in [-0.2, 0) is 21.4 Å². The van der Waals surface area contributed by atoms with Gasteiger partial charge in [-0.3, -0.25) is 9.10 Å². The first-order valence-corrected chi connectivity index (χ1v) is 12.2. The standard InChI is InChI=1S/C25H27ClN2O4S/c1-18-9-13-22(14-10-18)33(30,31)28(21-12-11-19(2)23(26)15-21)17-25(29)27(3)16-20-7-5-6-8-24(20)32-4/h5-15H,16-17H2,1-4H3. The molecule has 0 aliphatic carbocycles. The molecule has 3 rings (SSSR count). The van der Waals surface area contributed by atoms with Crippen molar-refractivity contribution in [3.05, 3.63) is 88.4 Å². The highest BCUT2D eigenvalue weighted by Crippen LogP contribution is 2.28. The normalized spacial score (nSPS) is 11.2. The predicted molar refractivity (Wildman–Crippen MR) is 131 cm³/mol. The summed E-state index contributed by atoms with van der Waals surface area (Å²) in [4.78, 5) is 14.7. The Morgan fingerprint density at radius 2 is 1.67 bits per heavy atom. The number of amides is 1. The van der Waals surface area contributed by atoms with Gasteiger partial charge in [0.2, 0.25) is 5.91 Å². The first-order chi connectivity index (χ1) is 15.6. The summed E-state index contributed by atoms with van der Waals surface area (Å²) in [7, 11) is -0.813. The van der Waals surface area contributed by atoms with Crippen LogP contribution in [-0.4, -0.2) is 39.9 Å². The van der Waals surface area contributed by atoms with Crippen molar-refractivity contribution in [1.82, 2.24) is 4.90 Å². The van der Waals surface area contributed by atoms with Crippen LogP contribution in [0, 0.1) is 13.8 Å². The van der Waals surface area contributed by atoms with E-state index in [1.807, 2.05) is 38.1 Å². The van der Waals surface area contributed by atoms with Crippen LogP contribution in [0.5, 0.6) is 5.75 Å². The summed E-state index contributed by atoms with van der Waals surface area (Å²) < 4.78 is 33.6. The van der Waals surface area contributed by atoms with Gasteiger partial charge in [-0.1, -0.05) is 53.6 Å². The molecule has 0 heterocycles. The number of sulfonamides is 1. The molecule has 0 fully saturated rings. The highest BCUT2D eigenvalue weighted by atomic mass is 35.5. The number of aryl methyl sites for hydroxylation is 2. The number of para-hydroxylation sites is 1. The Hall–Kier alpha value is -3.03. The van der Waals surface area contributed by atoms with Crippen LogP contribution in [0.4, 0.5) is 5.69 Å². The summed E-state index contributed by atoms with van der Waals surface area (Å²) in [5.41, 5.74) is 2.90. The van der Waals surface area contributed by atoms with Crippen LogP contribution in [0.1, 0.15) is 16.7 Å². The topological polar surface area (TPSA) is 66.9 Å². The molecule has 0 spiro atoms. The molecule has 0 aromatic heterocycles. The molecule has 8 heteroatoms. The van der Waals surface area contributed by atoms with Crippen molar-refractivity contribution < 1.29 is 17.9 Å². The van der Waals surface area contributed by atoms with Gasteiger partial charge in [0.05, 0.1) is 17.7 Å². The Balaban J connectivity index is 1.94. The van der Waals surface area contributed by atoms with Gasteiger partial charge in [-0.2, -0.15) is 0 Å². The second-order valence-corrected chi connectivity index (χ2v) is 10.1. The molecule has 3 aromatic rings. The first-order valence-electron chi connectivity index (χ1n) is 10.3. The lowest BCUT2D eigenvalue weighted by Crippen LogP contribution is -2.41. The molecule has 0 saturated carbocycles. The molecule has 0 saturated heterocycles. The van der Waals surface area contributed by atoms with E-state index >= 15 is 0 Å². The van der Waals surface area contributed by atoms with Crippen molar-refractivity contribution in [3.63, 3.8) is 0 Å². The van der Waals surface area contributed by atoms with Crippen molar-refractivity contribution in [2.24, 2.45) is 0 Å². The van der Waals surface area contributed by atoms with Crippen LogP contribution in [0.3, 0.4) is 0 Å². The molecule has 1 amide bonds. The number of likely N-dealkylation sites (N-methyl/N-ethyl adjacent to an activating group) is 1. The molecule has 0 unspecified atom stereocenters. The van der Waals surface area contributed by atoms with Crippen molar-refractivity contribution >= 4 is 33.2 Å². The van der Waals surface area contributed by atoms with Crippen LogP contribution < -0.4 is 9.04 Å². The van der Waals surface area contributed by atoms with Gasteiger partial charge in [0.1, 0.15) is 12.3 Å². The first kappa shape index (κ1) is 24.6. The van der Waals surface area contributed by atoms with Crippen LogP contribution in [0.2, 0.25) is 5.02 Å². The maximum atomic E-state index is 13.5. The van der Waals surface area contributed by atoms with E-state index in [9.17, 15) is 13.2 Å². The number of ether oxygens (including phenoxy) is 1. The molecule has 0 radical (unpaired) electrons. The fourth-order valence-corrected chi connectivity index (χ4v) is 4.89. The minimum absolute atomic E-state index is 0.102. The van der Waals surface area contributed by atoms with E-state index < -0.39 is 10.0 Å². The zero-order chi connectivity index (χ0) is 24.2. The lowest BCUT2D eigenvalue weighted by atomic mass is 10.2. The van der Waals surface area contributed by atoms with Crippen molar-refractivity contribution in [2.75, 3.05) is 25.0 Å². The third-order valence-electron chi connectivity index (χ3n) is 5.36. The van der Waals surface area contributed by atoms with E-state index in [4.69, 9.17) is 16.3 Å². The average molecular weight is 487 g/mol. The zero-order valence-electron chi connectivity index (χ0n) is 19.1. The fraction of sp³-hybridized carbons (Fsp3) is 0.240. The summed E-state index contributed by atoms with van der Waals surface area (Å²) in [6, 6.07) is 18.9. The minimum atomic E-state index is -4.01. The second-order valence-electron chi connectivity index (χ2n) is 7.82. The molecule has 6 nitrogen and oxygen atoms in total. The molecule has 3 aromatic carbocycles. The number of carbonyl (C=O) groups excluding carboxylic acids is 1. The molecule has 0 bridgehead atoms. The summed E-state index contributed by atoms with van der Waals surface area (Å²) >= 11 is 6.28. The monoisotopic (exact) mass is 486 g/mol. The summed E-state index contributed by atoms with van der Waals surface area (Å²) in [5.74, 6) is 0.292. The van der Waals surface area contributed by atoms with Crippen molar-refractivity contribution in [1.29, 1.82) is 0 Å². The number of hydrogen-bond acceptors (Lipinski definition) is 4. The van der Waals surface area contributed by atoms with Gasteiger partial charge < -0.3 is 9.64 Å². The van der Waals surface area contributed by atoms with Gasteiger partial charge in [0.25, 0.3) is 10.0 Å². The third-order valence-corrected chi connectivity index (χ3v) is 7.55. The molecular weight excluding hydrogens is 460 g/mol. The highest BCUT2D eigenvalue weighted by Gasteiger charge is 2.29. The van der Waals surface area contributed by atoms with Crippen molar-refractivity contribution in [3.8, 4) is 5.75 Å². The maximum absolute atomic E-state index is 13.5. The lowest BCUT2D eigenvalue weighted by molar-refractivity contribution is -0.128. The highest BCUT2D eigenvalue weighted by molar-refractivity contribution is 7.92. The Kier molecular flexibility index (Phi) is 7.66. The van der Waals surface area contributed by atoms with Crippen molar-refractivity contribution in [2.45, 2.75) is 25.3 Å². The molecule has 0 aliphatic rings. The molecule has 33 heavy (non-hydrogen) atoms. The Labute approximate surface area is 200 Å². The largest absolute Gasteiger partial charge is 0.496 e. The third kappa shape index (κ3) is 5.67. The van der Waals surface area contributed by atoms with Gasteiger partial charge in [-0.05, 0) is 49.7 Å². The Morgan fingerprint density at radius 3 is 2.30 bits per heavy atom. The maximum Gasteiger partial charge on any atom is 0.264 e. The predicted octanol–water partition coefficient (Wildman–Crippen LogP) is 4.82. The summed E-state index contributed by atoms with van der Waals surface area (Å²) in [5, 5.41) is 0.423. The molecule has 0 aliphatic heterocycles. The number of halogens is 1. The van der Waals surface area contributed by atoms with Gasteiger partial charge in [0, 0.05) is 24.2 Å². The van der Waals surface area contributed by atoms with E-state index in [1.54, 1.807) is 44.5 Å². The molecule has 174 valence electrons. The molecule has 0 atom stereocenters. The lowest BCUT2D eigenvalue weighted by Gasteiger charge is -2.27. The number of nitrogens with zero attached hydrogens (tertiary/aromatic N) is 2. The smallest absolute Gasteiger partial charge is 0.264 e. The van der Waals surface area contributed by atoms with E-state index in [0.717, 1.165) is 21.0 Å². The summed E-state index contributed by atoms with van der Waals surface area (Å²) in [6.45, 7) is 3.61. The number of hydrogen-bond donors (Lipinski definition) is 0. The number of benzene rings is 3. The molecule has 0 N–H and O–H groups in total. The minimum Gasteiger partial charge on any atom is -0.496 e. The average Bonchev–Trinajstić information content (AvgIpc) is 2.79. The van der Waals surface area contributed by atoms with Gasteiger partial charge in [0.15, 0.2) is 0 Å².